The molecule has 0 saturated carbocycles. The molecule has 1 saturated heterocycles. The third-order valence-corrected chi connectivity index (χ3v) is 1.47. The van der Waals surface area contributed by atoms with E-state index in [0.717, 1.165) is 19.4 Å². The standard InChI is InChI=1S/C6H13N3O/c7-6(8)9-5-2-1-3-10-4-5/h5H,1-4H2,(H4,7,8,9). The molecule has 1 fully saturated rings. The van der Waals surface area contributed by atoms with Crippen molar-refractivity contribution in [3.8, 4) is 0 Å². The second-order valence-corrected chi connectivity index (χ2v) is 2.42. The van der Waals surface area contributed by atoms with Crippen LogP contribution in [0.5, 0.6) is 0 Å². The molecule has 4 N–H and O–H groups in total. The zero-order valence-electron chi connectivity index (χ0n) is 5.92. The summed E-state index contributed by atoms with van der Waals surface area (Å²) in [5, 5.41) is 0. The lowest BCUT2D eigenvalue weighted by molar-refractivity contribution is 0.0828. The fourth-order valence-electron chi connectivity index (χ4n) is 1.04. The average molecular weight is 143 g/mol. The van der Waals surface area contributed by atoms with Gasteiger partial charge in [-0.1, -0.05) is 0 Å². The van der Waals surface area contributed by atoms with E-state index in [0.29, 0.717) is 6.61 Å². The number of nitrogens with zero attached hydrogens (tertiary/aromatic N) is 1. The maximum absolute atomic E-state index is 5.20. The zero-order chi connectivity index (χ0) is 7.40. The van der Waals surface area contributed by atoms with E-state index in [-0.39, 0.29) is 12.0 Å². The SMILES string of the molecule is NC(N)=NC1CCCOC1. The first-order valence-corrected chi connectivity index (χ1v) is 3.45. The molecule has 0 aromatic carbocycles. The van der Waals surface area contributed by atoms with Crippen LogP contribution >= 0.6 is 0 Å². The molecule has 1 unspecified atom stereocenters. The second kappa shape index (κ2) is 3.41. The van der Waals surface area contributed by atoms with Gasteiger partial charge in [-0.05, 0) is 12.8 Å². The number of rotatable bonds is 1. The lowest BCUT2D eigenvalue weighted by Gasteiger charge is -2.17. The van der Waals surface area contributed by atoms with Gasteiger partial charge in [0.2, 0.25) is 0 Å². The third kappa shape index (κ3) is 2.23. The highest BCUT2D eigenvalue weighted by atomic mass is 16.5. The van der Waals surface area contributed by atoms with Crippen LogP contribution in [-0.2, 0) is 4.74 Å². The topological polar surface area (TPSA) is 73.6 Å². The van der Waals surface area contributed by atoms with Crippen LogP contribution in [0.4, 0.5) is 0 Å². The smallest absolute Gasteiger partial charge is 0.186 e. The highest BCUT2D eigenvalue weighted by Gasteiger charge is 2.11. The Kier molecular flexibility index (Phi) is 2.50. The minimum absolute atomic E-state index is 0.163. The summed E-state index contributed by atoms with van der Waals surface area (Å²) in [6, 6.07) is 0.193. The van der Waals surface area contributed by atoms with Crippen LogP contribution < -0.4 is 11.5 Å². The van der Waals surface area contributed by atoms with Crippen molar-refractivity contribution in [1.29, 1.82) is 0 Å². The first-order valence-electron chi connectivity index (χ1n) is 3.45. The number of ether oxygens (including phenoxy) is 1. The van der Waals surface area contributed by atoms with Gasteiger partial charge < -0.3 is 16.2 Å². The Morgan fingerprint density at radius 2 is 2.30 bits per heavy atom. The van der Waals surface area contributed by atoms with Crippen molar-refractivity contribution >= 4 is 5.96 Å². The van der Waals surface area contributed by atoms with Gasteiger partial charge in [-0.25, -0.2) is 4.99 Å². The molecule has 10 heavy (non-hydrogen) atoms. The number of aliphatic imine (C=N–C) groups is 1. The van der Waals surface area contributed by atoms with Crippen molar-refractivity contribution in [2.75, 3.05) is 13.2 Å². The van der Waals surface area contributed by atoms with Crippen LogP contribution in [0, 0.1) is 0 Å². The number of hydrogen-bond acceptors (Lipinski definition) is 2. The van der Waals surface area contributed by atoms with Crippen molar-refractivity contribution in [3.05, 3.63) is 0 Å². The molecule has 1 aliphatic rings. The molecule has 0 aromatic rings. The van der Waals surface area contributed by atoms with Gasteiger partial charge in [0, 0.05) is 6.61 Å². The van der Waals surface area contributed by atoms with Crippen molar-refractivity contribution in [3.63, 3.8) is 0 Å². The Labute approximate surface area is 60.2 Å². The van der Waals surface area contributed by atoms with Crippen LogP contribution in [0.3, 0.4) is 0 Å². The summed E-state index contributed by atoms with van der Waals surface area (Å²) < 4.78 is 5.16. The fraction of sp³-hybridized carbons (Fsp3) is 0.833. The number of guanidine groups is 1. The Balaban J connectivity index is 2.33. The molecule has 4 nitrogen and oxygen atoms in total. The molecule has 1 heterocycles. The lowest BCUT2D eigenvalue weighted by Crippen LogP contribution is -2.29. The molecule has 0 amide bonds. The Hall–Kier alpha value is -0.770. The van der Waals surface area contributed by atoms with Gasteiger partial charge in [0.1, 0.15) is 0 Å². The highest BCUT2D eigenvalue weighted by Crippen LogP contribution is 2.08. The van der Waals surface area contributed by atoms with Gasteiger partial charge in [-0.2, -0.15) is 0 Å². The predicted octanol–water partition coefficient (Wildman–Crippen LogP) is -0.561. The first-order chi connectivity index (χ1) is 4.79. The van der Waals surface area contributed by atoms with Crippen molar-refractivity contribution < 1.29 is 4.74 Å². The van der Waals surface area contributed by atoms with E-state index in [1.165, 1.54) is 0 Å². The average Bonchev–Trinajstić information content (AvgIpc) is 1.88. The van der Waals surface area contributed by atoms with E-state index in [1.54, 1.807) is 0 Å². The third-order valence-electron chi connectivity index (χ3n) is 1.47. The second-order valence-electron chi connectivity index (χ2n) is 2.42. The van der Waals surface area contributed by atoms with Crippen LogP contribution in [0.25, 0.3) is 0 Å². The Morgan fingerprint density at radius 3 is 2.80 bits per heavy atom. The van der Waals surface area contributed by atoms with E-state index in [9.17, 15) is 0 Å². The van der Waals surface area contributed by atoms with Crippen molar-refractivity contribution in [2.24, 2.45) is 16.5 Å². The fourth-order valence-corrected chi connectivity index (χ4v) is 1.04. The Morgan fingerprint density at radius 1 is 1.50 bits per heavy atom. The molecule has 1 atom stereocenters. The molecule has 0 aromatic heterocycles. The predicted molar refractivity (Wildman–Crippen MR) is 39.7 cm³/mol. The van der Waals surface area contributed by atoms with Crippen molar-refractivity contribution in [2.45, 2.75) is 18.9 Å². The lowest BCUT2D eigenvalue weighted by atomic mass is 10.1. The van der Waals surface area contributed by atoms with E-state index in [2.05, 4.69) is 4.99 Å². The summed E-state index contributed by atoms with van der Waals surface area (Å²) in [5.74, 6) is 0.163. The number of nitrogens with two attached hydrogens (primary N) is 2. The molecular formula is C6H13N3O. The quantitative estimate of drug-likeness (QED) is 0.381. The van der Waals surface area contributed by atoms with Gasteiger partial charge in [0.05, 0.1) is 12.6 Å². The van der Waals surface area contributed by atoms with Crippen LogP contribution in [0.1, 0.15) is 12.8 Å². The molecule has 0 spiro atoms. The summed E-state index contributed by atoms with van der Waals surface area (Å²) >= 11 is 0. The van der Waals surface area contributed by atoms with Crippen LogP contribution in [0.2, 0.25) is 0 Å². The molecule has 0 radical (unpaired) electrons. The number of hydrogen-bond donors (Lipinski definition) is 2. The summed E-state index contributed by atoms with van der Waals surface area (Å²) in [7, 11) is 0. The highest BCUT2D eigenvalue weighted by molar-refractivity contribution is 5.75. The summed E-state index contributed by atoms with van der Waals surface area (Å²) in [6.07, 6.45) is 2.10. The minimum atomic E-state index is 0.163. The van der Waals surface area contributed by atoms with Gasteiger partial charge in [-0.15, -0.1) is 0 Å². The van der Waals surface area contributed by atoms with E-state index < -0.39 is 0 Å². The molecule has 0 aliphatic carbocycles. The first kappa shape index (κ1) is 7.34. The van der Waals surface area contributed by atoms with Gasteiger partial charge in [-0.3, -0.25) is 0 Å². The van der Waals surface area contributed by atoms with Crippen LogP contribution in [-0.4, -0.2) is 25.2 Å². The molecule has 0 bridgehead atoms. The molecule has 1 rings (SSSR count). The van der Waals surface area contributed by atoms with E-state index >= 15 is 0 Å². The summed E-state index contributed by atoms with van der Waals surface area (Å²) in [4.78, 5) is 3.98. The summed E-state index contributed by atoms with van der Waals surface area (Å²) in [5.41, 5.74) is 10.4. The normalized spacial score (nSPS) is 25.8. The maximum Gasteiger partial charge on any atom is 0.186 e. The van der Waals surface area contributed by atoms with Crippen molar-refractivity contribution in [1.82, 2.24) is 0 Å². The molecule has 4 heteroatoms. The monoisotopic (exact) mass is 143 g/mol. The molecule has 1 aliphatic heterocycles. The largest absolute Gasteiger partial charge is 0.379 e. The van der Waals surface area contributed by atoms with Gasteiger partial charge in [0.25, 0.3) is 0 Å². The Bertz CT molecular complexity index is 125. The minimum Gasteiger partial charge on any atom is -0.379 e. The summed E-state index contributed by atoms with van der Waals surface area (Å²) in [6.45, 7) is 1.51. The van der Waals surface area contributed by atoms with E-state index in [1.807, 2.05) is 0 Å². The van der Waals surface area contributed by atoms with Gasteiger partial charge in [0.15, 0.2) is 5.96 Å². The van der Waals surface area contributed by atoms with Gasteiger partial charge >= 0.3 is 0 Å². The van der Waals surface area contributed by atoms with Crippen LogP contribution in [0.15, 0.2) is 4.99 Å². The molecule has 58 valence electrons. The maximum atomic E-state index is 5.20. The van der Waals surface area contributed by atoms with E-state index in [4.69, 9.17) is 16.2 Å². The molecular weight excluding hydrogens is 130 g/mol. The zero-order valence-corrected chi connectivity index (χ0v) is 5.92.